The average Bonchev–Trinajstić information content (AvgIpc) is 3.17. The van der Waals surface area contributed by atoms with Gasteiger partial charge in [-0.15, -0.1) is 0 Å². The van der Waals surface area contributed by atoms with Crippen molar-refractivity contribution in [2.45, 2.75) is 19.1 Å². The molecule has 1 aromatic heterocycles. The highest BCUT2D eigenvalue weighted by Crippen LogP contribution is 2.34. The van der Waals surface area contributed by atoms with Crippen molar-refractivity contribution in [3.8, 4) is 0 Å². The third-order valence-corrected chi connectivity index (χ3v) is 3.93. The van der Waals surface area contributed by atoms with Crippen LogP contribution in [0.15, 0.2) is 41.0 Å². The van der Waals surface area contributed by atoms with E-state index in [4.69, 9.17) is 4.42 Å². The lowest BCUT2D eigenvalue weighted by atomic mass is 10.1. The summed E-state index contributed by atoms with van der Waals surface area (Å²) in [7, 11) is 0. The Morgan fingerprint density at radius 2 is 2.07 bits per heavy atom. The molecule has 1 heterocycles. The van der Waals surface area contributed by atoms with Crippen molar-refractivity contribution in [1.82, 2.24) is 5.32 Å². The molecule has 28 heavy (non-hydrogen) atoms. The number of alkyl halides is 3. The molecule has 0 fully saturated rings. The molecule has 0 spiro atoms. The molecular formula is C17H20F3N4O4+. The van der Waals surface area contributed by atoms with Gasteiger partial charge in [0, 0.05) is 19.2 Å². The third kappa shape index (κ3) is 5.98. The zero-order valence-corrected chi connectivity index (χ0v) is 15.0. The molecule has 0 radical (unpaired) electrons. The Balaban J connectivity index is 1.79. The molecule has 2 aromatic rings. The van der Waals surface area contributed by atoms with Gasteiger partial charge in [0.05, 0.1) is 16.7 Å². The van der Waals surface area contributed by atoms with Crippen LogP contribution < -0.4 is 16.0 Å². The van der Waals surface area contributed by atoms with E-state index in [2.05, 4.69) is 10.6 Å². The minimum absolute atomic E-state index is 0.0336. The van der Waals surface area contributed by atoms with Crippen LogP contribution in [-0.4, -0.2) is 30.5 Å². The molecule has 0 aliphatic heterocycles. The predicted molar refractivity (Wildman–Crippen MR) is 93.5 cm³/mol. The van der Waals surface area contributed by atoms with Crippen LogP contribution in [0.1, 0.15) is 24.3 Å². The molecule has 0 aliphatic carbocycles. The number of carbonyl (C=O) groups excluding carboxylic acids is 1. The van der Waals surface area contributed by atoms with Crippen molar-refractivity contribution in [3.05, 3.63) is 58.0 Å². The van der Waals surface area contributed by atoms with E-state index in [1.165, 1.54) is 0 Å². The molecule has 11 heteroatoms. The number of nitro benzene ring substituents is 1. The first-order chi connectivity index (χ1) is 13.2. The Morgan fingerprint density at radius 3 is 2.68 bits per heavy atom. The van der Waals surface area contributed by atoms with Crippen LogP contribution in [0.4, 0.5) is 24.5 Å². The molecule has 8 nitrogen and oxygen atoms in total. The first-order valence-electron chi connectivity index (χ1n) is 8.41. The van der Waals surface area contributed by atoms with E-state index < -0.39 is 22.4 Å². The molecular weight excluding hydrogens is 381 g/mol. The number of rotatable bonds is 9. The van der Waals surface area contributed by atoms with Crippen molar-refractivity contribution in [2.75, 3.05) is 25.0 Å². The Hall–Kier alpha value is -3.08. The lowest BCUT2D eigenvalue weighted by molar-refractivity contribution is -0.684. The minimum atomic E-state index is -4.67. The zero-order chi connectivity index (χ0) is 20.7. The van der Waals surface area contributed by atoms with Crippen LogP contribution >= 0.6 is 0 Å². The number of furan rings is 1. The maximum atomic E-state index is 12.7. The van der Waals surface area contributed by atoms with Gasteiger partial charge in [0.1, 0.15) is 11.7 Å². The van der Waals surface area contributed by atoms with Crippen LogP contribution in [0.3, 0.4) is 0 Å². The maximum Gasteiger partial charge on any atom is 0.416 e. The number of carbonyl (C=O) groups is 1. The fourth-order valence-corrected chi connectivity index (χ4v) is 2.43. The van der Waals surface area contributed by atoms with Crippen molar-refractivity contribution in [1.29, 1.82) is 0 Å². The number of nitrogens with two attached hydrogens (primary N) is 1. The highest BCUT2D eigenvalue weighted by atomic mass is 19.4. The summed E-state index contributed by atoms with van der Waals surface area (Å²) in [5.41, 5.74) is -1.83. The molecule has 1 amide bonds. The summed E-state index contributed by atoms with van der Waals surface area (Å²) in [5.74, 6) is 0.492. The number of hydrogen-bond acceptors (Lipinski definition) is 5. The van der Waals surface area contributed by atoms with Crippen LogP contribution in [0.2, 0.25) is 0 Å². The van der Waals surface area contributed by atoms with Gasteiger partial charge in [0.2, 0.25) is 0 Å². The van der Waals surface area contributed by atoms with Gasteiger partial charge >= 0.3 is 6.18 Å². The smallest absolute Gasteiger partial charge is 0.416 e. The van der Waals surface area contributed by atoms with Gasteiger partial charge in [-0.3, -0.25) is 14.9 Å². The molecule has 0 unspecified atom stereocenters. The van der Waals surface area contributed by atoms with Gasteiger partial charge in [-0.2, -0.15) is 13.2 Å². The lowest BCUT2D eigenvalue weighted by Crippen LogP contribution is -2.87. The normalized spacial score (nSPS) is 12.4. The molecule has 4 N–H and O–H groups in total. The molecule has 0 saturated carbocycles. The number of benzene rings is 1. The van der Waals surface area contributed by atoms with E-state index >= 15 is 0 Å². The average molecular weight is 401 g/mol. The standard InChI is InChI=1S/C17H19F3N4O4/c1-11(15-3-2-8-28-15)23-10-16(25)22-7-6-21-13-5-4-12(17(18,19)20)9-14(13)24(26)27/h2-5,8-9,11,21,23H,6-7,10H2,1H3,(H,22,25)/p+1/t11-/m1/s1. The van der Waals surface area contributed by atoms with Gasteiger partial charge in [-0.25, -0.2) is 0 Å². The third-order valence-electron chi connectivity index (χ3n) is 3.93. The summed E-state index contributed by atoms with van der Waals surface area (Å²) in [6, 6.07) is 5.77. The summed E-state index contributed by atoms with van der Waals surface area (Å²) in [5, 5.41) is 18.1. The zero-order valence-electron chi connectivity index (χ0n) is 15.0. The highest BCUT2D eigenvalue weighted by Gasteiger charge is 2.33. The monoisotopic (exact) mass is 401 g/mol. The fraction of sp³-hybridized carbons (Fsp3) is 0.353. The summed E-state index contributed by atoms with van der Waals surface area (Å²) in [6.07, 6.45) is -3.12. The van der Waals surface area contributed by atoms with Crippen molar-refractivity contribution < 1.29 is 32.6 Å². The van der Waals surface area contributed by atoms with Crippen LogP contribution in [0.25, 0.3) is 0 Å². The Labute approximate surface area is 158 Å². The van der Waals surface area contributed by atoms with Crippen molar-refractivity contribution in [3.63, 3.8) is 0 Å². The van der Waals surface area contributed by atoms with Crippen LogP contribution in [0, 0.1) is 10.1 Å². The van der Waals surface area contributed by atoms with Gasteiger partial charge in [0.15, 0.2) is 12.3 Å². The van der Waals surface area contributed by atoms with Gasteiger partial charge in [0.25, 0.3) is 11.6 Å². The fourth-order valence-electron chi connectivity index (χ4n) is 2.43. The van der Waals surface area contributed by atoms with Gasteiger partial charge < -0.3 is 20.4 Å². The summed E-state index contributed by atoms with van der Waals surface area (Å²) in [4.78, 5) is 21.9. The van der Waals surface area contributed by atoms with Gasteiger partial charge in [-0.1, -0.05) is 0 Å². The molecule has 0 aliphatic rings. The lowest BCUT2D eigenvalue weighted by Gasteiger charge is -2.11. The SMILES string of the molecule is C[C@@H]([NH2+]CC(=O)NCCNc1ccc(C(F)(F)F)cc1[N+](=O)[O-])c1ccco1. The number of halogens is 3. The quantitative estimate of drug-likeness (QED) is 0.338. The van der Waals surface area contributed by atoms with Crippen LogP contribution in [-0.2, 0) is 11.0 Å². The maximum absolute atomic E-state index is 12.7. The molecule has 2 rings (SSSR count). The van der Waals surface area contributed by atoms with Crippen LogP contribution in [0.5, 0.6) is 0 Å². The van der Waals surface area contributed by atoms with E-state index in [0.717, 1.165) is 17.9 Å². The second-order valence-corrected chi connectivity index (χ2v) is 6.01. The van der Waals surface area contributed by atoms with Crippen molar-refractivity contribution in [2.24, 2.45) is 0 Å². The molecule has 152 valence electrons. The summed E-state index contributed by atoms with van der Waals surface area (Å²) >= 11 is 0. The molecule has 0 bridgehead atoms. The molecule has 0 saturated heterocycles. The van der Waals surface area contributed by atoms with E-state index in [-0.39, 0.29) is 37.3 Å². The van der Waals surface area contributed by atoms with Crippen molar-refractivity contribution >= 4 is 17.3 Å². The first kappa shape index (κ1) is 21.2. The molecule has 1 atom stereocenters. The first-order valence-corrected chi connectivity index (χ1v) is 8.41. The Kier molecular flexibility index (Phi) is 6.99. The minimum Gasteiger partial charge on any atom is -0.463 e. The van der Waals surface area contributed by atoms with E-state index in [1.54, 1.807) is 23.7 Å². The number of anilines is 1. The topological polar surface area (TPSA) is 114 Å². The Bertz CT molecular complexity index is 809. The largest absolute Gasteiger partial charge is 0.463 e. The number of quaternary nitrogens is 1. The number of amides is 1. The van der Waals surface area contributed by atoms with Gasteiger partial charge in [-0.05, 0) is 31.2 Å². The predicted octanol–water partition coefficient (Wildman–Crippen LogP) is 2.06. The molecule has 1 aromatic carbocycles. The number of nitrogens with one attached hydrogen (secondary N) is 2. The highest BCUT2D eigenvalue weighted by molar-refractivity contribution is 5.76. The summed E-state index contributed by atoms with van der Waals surface area (Å²) < 4.78 is 43.3. The number of nitro groups is 1. The van der Waals surface area contributed by atoms with E-state index in [1.807, 2.05) is 6.92 Å². The Morgan fingerprint density at radius 1 is 1.32 bits per heavy atom. The summed E-state index contributed by atoms with van der Waals surface area (Å²) in [6.45, 7) is 2.31. The number of hydrogen-bond donors (Lipinski definition) is 3. The van der Waals surface area contributed by atoms with E-state index in [9.17, 15) is 28.1 Å². The van der Waals surface area contributed by atoms with E-state index in [0.29, 0.717) is 6.07 Å². The second kappa shape index (κ2) is 9.22. The number of nitrogens with zero attached hydrogens (tertiary/aromatic N) is 1. The second-order valence-electron chi connectivity index (χ2n) is 6.01.